The number of thioether (sulfide) groups is 1. The van der Waals surface area contributed by atoms with E-state index in [2.05, 4.69) is 25.1 Å². The van der Waals surface area contributed by atoms with Crippen molar-refractivity contribution < 1.29 is 9.90 Å². The summed E-state index contributed by atoms with van der Waals surface area (Å²) in [7, 11) is 0. The highest BCUT2D eigenvalue weighted by molar-refractivity contribution is 8.19. The van der Waals surface area contributed by atoms with E-state index in [0.717, 1.165) is 17.7 Å². The molecule has 1 aromatic rings. The van der Waals surface area contributed by atoms with Crippen LogP contribution in [0.3, 0.4) is 0 Å². The van der Waals surface area contributed by atoms with Crippen LogP contribution < -0.4 is 4.90 Å². The maximum Gasteiger partial charge on any atom is 0.271 e. The van der Waals surface area contributed by atoms with Crippen LogP contribution >= 0.6 is 11.8 Å². The molecule has 2 rings (SSSR count). The number of carbonyl (C=O) groups is 1. The van der Waals surface area contributed by atoms with Crippen molar-refractivity contribution in [2.75, 3.05) is 11.4 Å². The van der Waals surface area contributed by atoms with Crippen LogP contribution in [0.5, 0.6) is 0 Å². The minimum atomic E-state index is -0.119. The Labute approximate surface area is 153 Å². The molecule has 0 atom stereocenters. The van der Waals surface area contributed by atoms with Crippen LogP contribution in [-0.4, -0.2) is 22.7 Å². The Morgan fingerprint density at radius 2 is 2.04 bits per heavy atom. The number of hydrogen-bond donors (Lipinski definition) is 1. The molecular weight excluding hydrogens is 332 g/mol. The average molecular weight is 354 g/mol. The molecule has 0 radical (unpaired) electrons. The van der Waals surface area contributed by atoms with Gasteiger partial charge in [-0.05, 0) is 54.5 Å². The molecule has 1 aromatic carbocycles. The normalized spacial score (nSPS) is 17.8. The van der Waals surface area contributed by atoms with Gasteiger partial charge in [0, 0.05) is 6.54 Å². The van der Waals surface area contributed by atoms with Crippen LogP contribution in [-0.2, 0) is 4.79 Å². The molecular formula is C20H22N2O2S. The van der Waals surface area contributed by atoms with E-state index in [1.54, 1.807) is 17.1 Å². The molecule has 1 N–H and O–H groups in total. The number of amidine groups is 1. The van der Waals surface area contributed by atoms with Crippen LogP contribution in [0.1, 0.15) is 18.9 Å². The fourth-order valence-electron chi connectivity index (χ4n) is 2.23. The van der Waals surface area contributed by atoms with Crippen LogP contribution in [0.15, 0.2) is 76.9 Å². The minimum absolute atomic E-state index is 0.0586. The summed E-state index contributed by atoms with van der Waals surface area (Å²) < 4.78 is 0. The lowest BCUT2D eigenvalue weighted by atomic mass is 10.2. The number of para-hydroxylation sites is 1. The van der Waals surface area contributed by atoms with E-state index in [-0.39, 0.29) is 11.7 Å². The molecule has 0 saturated carbocycles. The summed E-state index contributed by atoms with van der Waals surface area (Å²) in [6.07, 6.45) is 5.66. The third-order valence-corrected chi connectivity index (χ3v) is 4.45. The van der Waals surface area contributed by atoms with Gasteiger partial charge >= 0.3 is 0 Å². The van der Waals surface area contributed by atoms with Crippen molar-refractivity contribution in [1.29, 1.82) is 0 Å². The van der Waals surface area contributed by atoms with Gasteiger partial charge in [-0.25, -0.2) is 0 Å². The van der Waals surface area contributed by atoms with Gasteiger partial charge in [-0.15, -0.1) is 0 Å². The quantitative estimate of drug-likeness (QED) is 0.449. The Morgan fingerprint density at radius 3 is 2.68 bits per heavy atom. The van der Waals surface area contributed by atoms with Gasteiger partial charge in [0.2, 0.25) is 0 Å². The van der Waals surface area contributed by atoms with E-state index in [4.69, 9.17) is 5.11 Å². The zero-order valence-electron chi connectivity index (χ0n) is 14.5. The maximum atomic E-state index is 12.9. The van der Waals surface area contributed by atoms with Crippen LogP contribution in [0.25, 0.3) is 0 Å². The predicted molar refractivity (Wildman–Crippen MR) is 107 cm³/mol. The summed E-state index contributed by atoms with van der Waals surface area (Å²) in [5.74, 6) is -0.178. The Bertz CT molecular complexity index is 791. The number of rotatable bonds is 6. The lowest BCUT2D eigenvalue weighted by Gasteiger charge is -2.17. The van der Waals surface area contributed by atoms with Gasteiger partial charge in [0.1, 0.15) is 5.76 Å². The second-order valence-corrected chi connectivity index (χ2v) is 6.61. The van der Waals surface area contributed by atoms with Gasteiger partial charge in [-0.2, -0.15) is 0 Å². The number of nitrogens with zero attached hydrogens (tertiary/aromatic N) is 2. The van der Waals surface area contributed by atoms with E-state index in [0.29, 0.717) is 22.2 Å². The second-order valence-electron chi connectivity index (χ2n) is 5.60. The average Bonchev–Trinajstić information content (AvgIpc) is 2.87. The fourth-order valence-corrected chi connectivity index (χ4v) is 3.25. The molecule has 0 bridgehead atoms. The SMILES string of the molecule is C=C(O)/C=C\C(=C)/C=C1\SC(=NCCC)N(c2ccccc2C)C1=O. The fraction of sp³-hybridized carbons (Fsp3) is 0.200. The van der Waals surface area contributed by atoms with Crippen molar-refractivity contribution in [2.24, 2.45) is 4.99 Å². The third-order valence-electron chi connectivity index (χ3n) is 3.44. The predicted octanol–water partition coefficient (Wildman–Crippen LogP) is 4.91. The molecule has 4 nitrogen and oxygen atoms in total. The highest BCUT2D eigenvalue weighted by Gasteiger charge is 2.35. The van der Waals surface area contributed by atoms with Crippen LogP contribution in [0.4, 0.5) is 5.69 Å². The molecule has 1 saturated heterocycles. The van der Waals surface area contributed by atoms with Gasteiger partial charge in [0.15, 0.2) is 5.17 Å². The summed E-state index contributed by atoms with van der Waals surface area (Å²) in [4.78, 5) is 19.7. The van der Waals surface area contributed by atoms with Gasteiger partial charge in [0.05, 0.1) is 10.6 Å². The van der Waals surface area contributed by atoms with E-state index in [9.17, 15) is 4.79 Å². The Balaban J connectivity index is 2.38. The van der Waals surface area contributed by atoms with Crippen molar-refractivity contribution in [3.8, 4) is 0 Å². The number of allylic oxidation sites excluding steroid dienone is 4. The first-order valence-corrected chi connectivity index (χ1v) is 8.84. The number of amides is 1. The molecule has 0 aliphatic carbocycles. The number of carbonyl (C=O) groups excluding carboxylic acids is 1. The molecule has 130 valence electrons. The minimum Gasteiger partial charge on any atom is -0.509 e. The number of aliphatic hydroxyl groups excluding tert-OH is 1. The zero-order valence-corrected chi connectivity index (χ0v) is 15.3. The molecule has 1 heterocycles. The molecule has 0 aromatic heterocycles. The highest BCUT2D eigenvalue weighted by Crippen LogP contribution is 2.36. The number of anilines is 1. The molecule has 1 aliphatic heterocycles. The Morgan fingerprint density at radius 1 is 1.32 bits per heavy atom. The molecule has 1 amide bonds. The maximum absolute atomic E-state index is 12.9. The number of benzene rings is 1. The third kappa shape index (κ3) is 4.73. The standard InChI is InChI=1S/C20H22N2O2S/c1-5-12-21-20-22(17-9-7-6-8-15(17)3)19(24)18(25-20)13-14(2)10-11-16(4)23/h6-11,13,23H,2,4-5,12H2,1,3H3/b11-10-,18-13-,21-20?. The number of aliphatic hydroxyl groups is 1. The van der Waals surface area contributed by atoms with E-state index in [1.807, 2.05) is 31.2 Å². The van der Waals surface area contributed by atoms with E-state index in [1.165, 1.54) is 17.8 Å². The first-order chi connectivity index (χ1) is 11.9. The summed E-state index contributed by atoms with van der Waals surface area (Å²) in [5, 5.41) is 9.81. The van der Waals surface area contributed by atoms with Gasteiger partial charge in [-0.1, -0.05) is 44.4 Å². The van der Waals surface area contributed by atoms with E-state index >= 15 is 0 Å². The first-order valence-electron chi connectivity index (χ1n) is 8.03. The lowest BCUT2D eigenvalue weighted by molar-refractivity contribution is -0.113. The first kappa shape index (κ1) is 18.8. The Kier molecular flexibility index (Phi) is 6.42. The number of aryl methyl sites for hydroxylation is 1. The van der Waals surface area contributed by atoms with Crippen molar-refractivity contribution >= 4 is 28.5 Å². The summed E-state index contributed by atoms with van der Waals surface area (Å²) in [6.45, 7) is 12.0. The van der Waals surface area contributed by atoms with E-state index < -0.39 is 0 Å². The number of hydrogen-bond acceptors (Lipinski definition) is 4. The van der Waals surface area contributed by atoms with Crippen LogP contribution in [0.2, 0.25) is 0 Å². The summed E-state index contributed by atoms with van der Waals surface area (Å²) >= 11 is 1.34. The zero-order chi connectivity index (χ0) is 18.4. The van der Waals surface area contributed by atoms with Gasteiger partial charge in [-0.3, -0.25) is 14.7 Å². The molecule has 5 heteroatoms. The second kappa shape index (κ2) is 8.53. The molecule has 25 heavy (non-hydrogen) atoms. The van der Waals surface area contributed by atoms with Gasteiger partial charge in [0.25, 0.3) is 5.91 Å². The Hall–Kier alpha value is -2.53. The molecule has 0 spiro atoms. The summed E-state index contributed by atoms with van der Waals surface area (Å²) in [6, 6.07) is 7.75. The largest absolute Gasteiger partial charge is 0.509 e. The van der Waals surface area contributed by atoms with Crippen molar-refractivity contribution in [3.05, 3.63) is 77.5 Å². The highest BCUT2D eigenvalue weighted by atomic mass is 32.2. The summed E-state index contributed by atoms with van der Waals surface area (Å²) in [5.41, 5.74) is 2.45. The van der Waals surface area contributed by atoms with Crippen LogP contribution in [0, 0.1) is 6.92 Å². The number of aliphatic imine (C=N–C) groups is 1. The molecule has 1 fully saturated rings. The molecule has 1 aliphatic rings. The smallest absolute Gasteiger partial charge is 0.271 e. The van der Waals surface area contributed by atoms with Crippen molar-refractivity contribution in [2.45, 2.75) is 20.3 Å². The lowest BCUT2D eigenvalue weighted by Crippen LogP contribution is -2.29. The molecule has 0 unspecified atom stereocenters. The van der Waals surface area contributed by atoms with Gasteiger partial charge < -0.3 is 5.11 Å². The van der Waals surface area contributed by atoms with Crippen molar-refractivity contribution in [3.63, 3.8) is 0 Å². The van der Waals surface area contributed by atoms with Crippen molar-refractivity contribution in [1.82, 2.24) is 0 Å². The topological polar surface area (TPSA) is 52.9 Å². The monoisotopic (exact) mass is 354 g/mol.